The molecule has 4 nitrogen and oxygen atoms in total. The average molecular weight is 311 g/mol. The van der Waals surface area contributed by atoms with Gasteiger partial charge in [-0.15, -0.1) is 5.10 Å². The van der Waals surface area contributed by atoms with Gasteiger partial charge in [0, 0.05) is 12.1 Å². The van der Waals surface area contributed by atoms with Gasteiger partial charge >= 0.3 is 0 Å². The summed E-state index contributed by atoms with van der Waals surface area (Å²) >= 11 is 0. The molecule has 0 spiro atoms. The SMILES string of the molecule is CCCCCCn1nnc(C=O)c1-c1ccc(F)c(F)c1F. The Bertz CT molecular complexity index is 670. The summed E-state index contributed by atoms with van der Waals surface area (Å²) in [5.41, 5.74) is -0.246. The first kappa shape index (κ1) is 16.2. The minimum absolute atomic E-state index is 0.0721. The molecule has 1 aromatic carbocycles. The second-order valence-electron chi connectivity index (χ2n) is 4.95. The molecule has 0 aliphatic carbocycles. The minimum atomic E-state index is -1.58. The van der Waals surface area contributed by atoms with Gasteiger partial charge in [0.1, 0.15) is 5.69 Å². The predicted molar refractivity (Wildman–Crippen MR) is 74.9 cm³/mol. The van der Waals surface area contributed by atoms with E-state index in [9.17, 15) is 18.0 Å². The number of carbonyl (C=O) groups is 1. The summed E-state index contributed by atoms with van der Waals surface area (Å²) in [6.07, 6.45) is 4.25. The Hall–Kier alpha value is -2.18. The van der Waals surface area contributed by atoms with E-state index in [-0.39, 0.29) is 17.0 Å². The monoisotopic (exact) mass is 311 g/mol. The van der Waals surface area contributed by atoms with Crippen molar-refractivity contribution in [1.29, 1.82) is 0 Å². The molecule has 1 aromatic heterocycles. The van der Waals surface area contributed by atoms with Gasteiger partial charge in [-0.25, -0.2) is 17.9 Å². The van der Waals surface area contributed by atoms with Crippen molar-refractivity contribution in [2.24, 2.45) is 0 Å². The van der Waals surface area contributed by atoms with E-state index in [2.05, 4.69) is 17.2 Å². The average Bonchev–Trinajstić information content (AvgIpc) is 2.92. The summed E-state index contributed by atoms with van der Waals surface area (Å²) in [6.45, 7) is 2.50. The highest BCUT2D eigenvalue weighted by Gasteiger charge is 2.21. The Labute approximate surface area is 125 Å². The van der Waals surface area contributed by atoms with E-state index in [1.54, 1.807) is 0 Å². The van der Waals surface area contributed by atoms with Crippen LogP contribution in [-0.2, 0) is 6.54 Å². The Morgan fingerprint density at radius 1 is 1.14 bits per heavy atom. The van der Waals surface area contributed by atoms with Gasteiger partial charge in [0.2, 0.25) is 0 Å². The Balaban J connectivity index is 2.39. The van der Waals surface area contributed by atoms with Crippen LogP contribution in [0.3, 0.4) is 0 Å². The largest absolute Gasteiger partial charge is 0.296 e. The lowest BCUT2D eigenvalue weighted by Gasteiger charge is -2.08. The minimum Gasteiger partial charge on any atom is -0.296 e. The van der Waals surface area contributed by atoms with Crippen molar-refractivity contribution in [2.45, 2.75) is 39.2 Å². The number of aldehydes is 1. The lowest BCUT2D eigenvalue weighted by Crippen LogP contribution is -2.05. The molecular weight excluding hydrogens is 295 g/mol. The van der Waals surface area contributed by atoms with E-state index < -0.39 is 17.5 Å². The number of nitrogens with zero attached hydrogens (tertiary/aromatic N) is 3. The molecule has 0 unspecified atom stereocenters. The van der Waals surface area contributed by atoms with E-state index in [4.69, 9.17) is 0 Å². The maximum Gasteiger partial charge on any atom is 0.195 e. The summed E-state index contributed by atoms with van der Waals surface area (Å²) < 4.78 is 41.8. The van der Waals surface area contributed by atoms with Crippen LogP contribution in [-0.4, -0.2) is 21.3 Å². The summed E-state index contributed by atoms with van der Waals surface area (Å²) in [4.78, 5) is 11.0. The summed E-state index contributed by atoms with van der Waals surface area (Å²) in [5.74, 6) is -4.20. The van der Waals surface area contributed by atoms with Crippen LogP contribution in [0, 0.1) is 17.5 Å². The number of benzene rings is 1. The fourth-order valence-corrected chi connectivity index (χ4v) is 2.24. The Morgan fingerprint density at radius 2 is 1.91 bits per heavy atom. The molecule has 1 heterocycles. The molecule has 0 amide bonds. The fraction of sp³-hybridized carbons (Fsp3) is 0.400. The van der Waals surface area contributed by atoms with E-state index in [0.717, 1.165) is 37.8 Å². The summed E-state index contributed by atoms with van der Waals surface area (Å²) in [7, 11) is 0. The van der Waals surface area contributed by atoms with Crippen molar-refractivity contribution < 1.29 is 18.0 Å². The van der Waals surface area contributed by atoms with Crippen LogP contribution in [0.1, 0.15) is 43.1 Å². The van der Waals surface area contributed by atoms with Crippen LogP contribution in [0.5, 0.6) is 0 Å². The highest BCUT2D eigenvalue weighted by molar-refractivity contribution is 5.83. The first-order chi connectivity index (χ1) is 10.6. The lowest BCUT2D eigenvalue weighted by molar-refractivity contribution is 0.111. The first-order valence-electron chi connectivity index (χ1n) is 7.12. The van der Waals surface area contributed by atoms with Crippen molar-refractivity contribution in [1.82, 2.24) is 15.0 Å². The fourth-order valence-electron chi connectivity index (χ4n) is 2.24. The lowest BCUT2D eigenvalue weighted by atomic mass is 10.1. The molecule has 0 bridgehead atoms. The van der Waals surface area contributed by atoms with Gasteiger partial charge in [-0.05, 0) is 18.6 Å². The van der Waals surface area contributed by atoms with E-state index in [0.29, 0.717) is 12.8 Å². The van der Waals surface area contributed by atoms with Crippen LogP contribution in [0.15, 0.2) is 12.1 Å². The Kier molecular flexibility index (Phi) is 5.30. The highest BCUT2D eigenvalue weighted by Crippen LogP contribution is 2.27. The molecule has 0 saturated heterocycles. The third-order valence-electron chi connectivity index (χ3n) is 3.39. The normalized spacial score (nSPS) is 10.9. The number of halogens is 3. The first-order valence-corrected chi connectivity index (χ1v) is 7.12. The zero-order valence-electron chi connectivity index (χ0n) is 12.2. The standard InChI is InChI=1S/C15H16F3N3O/c1-2-3-4-5-8-21-15(12(9-22)19-20-21)10-6-7-11(16)14(18)13(10)17/h6-7,9H,2-5,8H2,1H3. The van der Waals surface area contributed by atoms with E-state index >= 15 is 0 Å². The molecule has 0 aliphatic rings. The number of carbonyl (C=O) groups excluding carboxylic acids is 1. The molecule has 0 N–H and O–H groups in total. The second-order valence-corrected chi connectivity index (χ2v) is 4.95. The molecule has 0 atom stereocenters. The number of rotatable bonds is 7. The van der Waals surface area contributed by atoms with Crippen molar-refractivity contribution in [2.75, 3.05) is 0 Å². The van der Waals surface area contributed by atoms with E-state index in [1.165, 1.54) is 4.68 Å². The Morgan fingerprint density at radius 3 is 2.59 bits per heavy atom. The van der Waals surface area contributed by atoms with Gasteiger partial charge in [-0.1, -0.05) is 31.4 Å². The number of aromatic nitrogens is 3. The van der Waals surface area contributed by atoms with Gasteiger partial charge in [-0.3, -0.25) is 4.79 Å². The zero-order chi connectivity index (χ0) is 16.1. The molecule has 2 aromatic rings. The van der Waals surface area contributed by atoms with Crippen LogP contribution >= 0.6 is 0 Å². The van der Waals surface area contributed by atoms with Crippen molar-refractivity contribution in [3.63, 3.8) is 0 Å². The van der Waals surface area contributed by atoms with Gasteiger partial charge < -0.3 is 0 Å². The predicted octanol–water partition coefficient (Wildman–Crippen LogP) is 3.76. The zero-order valence-corrected chi connectivity index (χ0v) is 12.2. The van der Waals surface area contributed by atoms with E-state index in [1.807, 2.05) is 0 Å². The molecule has 22 heavy (non-hydrogen) atoms. The third-order valence-corrected chi connectivity index (χ3v) is 3.39. The third kappa shape index (κ3) is 3.18. The van der Waals surface area contributed by atoms with Crippen molar-refractivity contribution in [3.05, 3.63) is 35.3 Å². The number of unbranched alkanes of at least 4 members (excludes halogenated alkanes) is 3. The van der Waals surface area contributed by atoms with Gasteiger partial charge in [0.15, 0.2) is 29.4 Å². The van der Waals surface area contributed by atoms with Crippen LogP contribution in [0.2, 0.25) is 0 Å². The molecule has 2 rings (SSSR count). The number of hydrogen-bond donors (Lipinski definition) is 0. The maximum absolute atomic E-state index is 14.0. The van der Waals surface area contributed by atoms with Crippen LogP contribution in [0.4, 0.5) is 13.2 Å². The molecule has 0 saturated carbocycles. The number of hydrogen-bond acceptors (Lipinski definition) is 3. The summed E-state index contributed by atoms with van der Waals surface area (Å²) in [5, 5.41) is 7.47. The quantitative estimate of drug-likeness (QED) is 0.444. The molecule has 0 aliphatic heterocycles. The van der Waals surface area contributed by atoms with Crippen LogP contribution < -0.4 is 0 Å². The molecule has 0 radical (unpaired) electrons. The van der Waals surface area contributed by atoms with Crippen molar-refractivity contribution >= 4 is 6.29 Å². The smallest absolute Gasteiger partial charge is 0.195 e. The summed E-state index contributed by atoms with van der Waals surface area (Å²) in [6, 6.07) is 1.90. The molecule has 118 valence electrons. The van der Waals surface area contributed by atoms with Gasteiger partial charge in [0.05, 0.1) is 0 Å². The molecule has 7 heteroatoms. The topological polar surface area (TPSA) is 47.8 Å². The van der Waals surface area contributed by atoms with Crippen LogP contribution in [0.25, 0.3) is 11.3 Å². The van der Waals surface area contributed by atoms with Crippen molar-refractivity contribution in [3.8, 4) is 11.3 Å². The number of aryl methyl sites for hydroxylation is 1. The van der Waals surface area contributed by atoms with Gasteiger partial charge in [-0.2, -0.15) is 0 Å². The molecule has 0 fully saturated rings. The highest BCUT2D eigenvalue weighted by atomic mass is 19.2. The maximum atomic E-state index is 14.0. The second kappa shape index (κ2) is 7.20. The van der Waals surface area contributed by atoms with Gasteiger partial charge in [0.25, 0.3) is 0 Å². The molecular formula is C15H16F3N3O.